The summed E-state index contributed by atoms with van der Waals surface area (Å²) < 4.78 is 29.0. The zero-order chi connectivity index (χ0) is 22.0. The van der Waals surface area contributed by atoms with E-state index in [1.54, 1.807) is 34.1 Å². The van der Waals surface area contributed by atoms with Crippen LogP contribution in [-0.2, 0) is 10.0 Å². The highest BCUT2D eigenvalue weighted by molar-refractivity contribution is 7.89. The molecular weight excluding hydrogens is 416 g/mol. The number of piperidine rings is 1. The van der Waals surface area contributed by atoms with E-state index < -0.39 is 10.0 Å². The van der Waals surface area contributed by atoms with E-state index in [0.29, 0.717) is 23.6 Å². The number of aryl methyl sites for hydroxylation is 1. The van der Waals surface area contributed by atoms with Gasteiger partial charge in [-0.2, -0.15) is 8.99 Å². The normalized spacial score (nSPS) is 17.4. The van der Waals surface area contributed by atoms with Crippen molar-refractivity contribution in [2.45, 2.75) is 44.0 Å². The van der Waals surface area contributed by atoms with E-state index in [9.17, 15) is 13.2 Å². The third kappa shape index (κ3) is 4.35. The summed E-state index contributed by atoms with van der Waals surface area (Å²) in [6.07, 6.45) is 2.77. The third-order valence-electron chi connectivity index (χ3n) is 5.44. The Morgan fingerprint density at radius 1 is 1.13 bits per heavy atom. The van der Waals surface area contributed by atoms with Crippen LogP contribution in [0.1, 0.15) is 42.4 Å². The Labute approximate surface area is 181 Å². The Balaban J connectivity index is 1.50. The van der Waals surface area contributed by atoms with Crippen LogP contribution in [-0.4, -0.2) is 51.4 Å². The lowest BCUT2D eigenvalue weighted by Gasteiger charge is -2.32. The summed E-state index contributed by atoms with van der Waals surface area (Å²) >= 11 is 0. The molecule has 2 heterocycles. The average molecular weight is 441 g/mol. The molecule has 4 rings (SSSR count). The highest BCUT2D eigenvalue weighted by atomic mass is 32.2. The lowest BCUT2D eigenvalue weighted by molar-refractivity contribution is 0.102. The molecule has 1 saturated heterocycles. The highest BCUT2D eigenvalue weighted by Crippen LogP contribution is 2.25. The van der Waals surface area contributed by atoms with Gasteiger partial charge in [0.2, 0.25) is 10.0 Å². The minimum Gasteiger partial charge on any atom is -0.322 e. The SMILES string of the molecule is Cc1nnnn1-c1cccc(NC(=O)c2ccc(S(=O)(=O)N3CCCCC3C)cc2)c1. The summed E-state index contributed by atoms with van der Waals surface area (Å²) in [6.45, 7) is 4.25. The molecule has 0 radical (unpaired) electrons. The largest absolute Gasteiger partial charge is 0.322 e. The van der Waals surface area contributed by atoms with Crippen LogP contribution in [0.3, 0.4) is 0 Å². The van der Waals surface area contributed by atoms with Crippen molar-refractivity contribution in [1.82, 2.24) is 24.5 Å². The van der Waals surface area contributed by atoms with Gasteiger partial charge in [-0.05, 0) is 79.6 Å². The Morgan fingerprint density at radius 2 is 1.90 bits per heavy atom. The zero-order valence-corrected chi connectivity index (χ0v) is 18.2. The first-order valence-electron chi connectivity index (χ1n) is 10.1. The van der Waals surface area contributed by atoms with Crippen LogP contribution in [0, 0.1) is 6.92 Å². The molecule has 1 unspecified atom stereocenters. The van der Waals surface area contributed by atoms with Crippen molar-refractivity contribution in [2.24, 2.45) is 0 Å². The summed E-state index contributed by atoms with van der Waals surface area (Å²) in [5.41, 5.74) is 1.67. The fourth-order valence-corrected chi connectivity index (χ4v) is 5.43. The van der Waals surface area contributed by atoms with Gasteiger partial charge in [0.1, 0.15) is 0 Å². The van der Waals surface area contributed by atoms with Crippen LogP contribution in [0.2, 0.25) is 0 Å². The highest BCUT2D eigenvalue weighted by Gasteiger charge is 2.30. The van der Waals surface area contributed by atoms with E-state index in [4.69, 9.17) is 0 Å². The Morgan fingerprint density at radius 3 is 2.58 bits per heavy atom. The van der Waals surface area contributed by atoms with Gasteiger partial charge in [0.25, 0.3) is 5.91 Å². The summed E-state index contributed by atoms with van der Waals surface area (Å²) in [5.74, 6) is 0.296. The number of nitrogens with one attached hydrogen (secondary N) is 1. The number of rotatable bonds is 5. The minimum atomic E-state index is -3.57. The molecule has 9 nitrogen and oxygen atoms in total. The Bertz CT molecular complexity index is 1190. The molecule has 1 N–H and O–H groups in total. The third-order valence-corrected chi connectivity index (χ3v) is 7.47. The average Bonchev–Trinajstić information content (AvgIpc) is 3.20. The lowest BCUT2D eigenvalue weighted by Crippen LogP contribution is -2.41. The summed E-state index contributed by atoms with van der Waals surface area (Å²) in [5, 5.41) is 14.2. The molecule has 3 aromatic rings. The van der Waals surface area contributed by atoms with Gasteiger partial charge in [0.05, 0.1) is 10.6 Å². The predicted octanol–water partition coefficient (Wildman–Crippen LogP) is 2.79. The topological polar surface area (TPSA) is 110 Å². The predicted molar refractivity (Wildman–Crippen MR) is 115 cm³/mol. The van der Waals surface area contributed by atoms with Gasteiger partial charge in [0.15, 0.2) is 5.82 Å². The first-order chi connectivity index (χ1) is 14.9. The van der Waals surface area contributed by atoms with Gasteiger partial charge >= 0.3 is 0 Å². The van der Waals surface area contributed by atoms with Crippen LogP contribution in [0.4, 0.5) is 5.69 Å². The van der Waals surface area contributed by atoms with Crippen LogP contribution in [0.5, 0.6) is 0 Å². The molecule has 0 saturated carbocycles. The van der Waals surface area contributed by atoms with E-state index in [0.717, 1.165) is 24.9 Å². The number of nitrogens with zero attached hydrogens (tertiary/aromatic N) is 5. The van der Waals surface area contributed by atoms with Crippen LogP contribution in [0.15, 0.2) is 53.4 Å². The van der Waals surface area contributed by atoms with Gasteiger partial charge in [-0.25, -0.2) is 8.42 Å². The molecule has 1 atom stereocenters. The Kier molecular flexibility index (Phi) is 5.84. The molecule has 1 fully saturated rings. The number of hydrogen-bond donors (Lipinski definition) is 1. The molecule has 162 valence electrons. The van der Waals surface area contributed by atoms with Crippen molar-refractivity contribution in [3.8, 4) is 5.69 Å². The fourth-order valence-electron chi connectivity index (χ4n) is 3.73. The number of anilines is 1. The number of amides is 1. The first-order valence-corrected chi connectivity index (χ1v) is 11.6. The monoisotopic (exact) mass is 440 g/mol. The number of hydrogen-bond acceptors (Lipinski definition) is 6. The van der Waals surface area contributed by atoms with Crippen molar-refractivity contribution in [1.29, 1.82) is 0 Å². The molecule has 2 aromatic carbocycles. The second-order valence-electron chi connectivity index (χ2n) is 7.63. The van der Waals surface area contributed by atoms with Crippen LogP contribution >= 0.6 is 0 Å². The molecule has 0 aliphatic carbocycles. The summed E-state index contributed by atoms with van der Waals surface area (Å²) in [6, 6.07) is 13.2. The van der Waals surface area contributed by atoms with Crippen molar-refractivity contribution < 1.29 is 13.2 Å². The summed E-state index contributed by atoms with van der Waals surface area (Å²) in [4.78, 5) is 12.9. The van der Waals surface area contributed by atoms with Gasteiger partial charge in [-0.15, -0.1) is 5.10 Å². The molecule has 1 amide bonds. The van der Waals surface area contributed by atoms with E-state index >= 15 is 0 Å². The maximum absolute atomic E-state index is 13.0. The van der Waals surface area contributed by atoms with Crippen molar-refractivity contribution in [3.63, 3.8) is 0 Å². The van der Waals surface area contributed by atoms with Gasteiger partial charge in [-0.3, -0.25) is 4.79 Å². The maximum Gasteiger partial charge on any atom is 0.255 e. The summed E-state index contributed by atoms with van der Waals surface area (Å²) in [7, 11) is -3.57. The number of carbonyl (C=O) groups is 1. The van der Waals surface area contributed by atoms with E-state index in [1.165, 1.54) is 24.3 Å². The molecule has 1 aliphatic rings. The van der Waals surface area contributed by atoms with Crippen molar-refractivity contribution in [2.75, 3.05) is 11.9 Å². The second-order valence-corrected chi connectivity index (χ2v) is 9.52. The minimum absolute atomic E-state index is 0.0159. The zero-order valence-electron chi connectivity index (χ0n) is 17.4. The molecule has 1 aliphatic heterocycles. The van der Waals surface area contributed by atoms with Crippen molar-refractivity contribution in [3.05, 3.63) is 59.9 Å². The van der Waals surface area contributed by atoms with E-state index in [1.807, 2.05) is 13.0 Å². The number of benzene rings is 2. The van der Waals surface area contributed by atoms with Crippen molar-refractivity contribution >= 4 is 21.6 Å². The van der Waals surface area contributed by atoms with Gasteiger partial charge < -0.3 is 5.32 Å². The van der Waals surface area contributed by atoms with Crippen LogP contribution in [0.25, 0.3) is 5.69 Å². The maximum atomic E-state index is 13.0. The number of sulfonamides is 1. The fraction of sp³-hybridized carbons (Fsp3) is 0.333. The van der Waals surface area contributed by atoms with Gasteiger partial charge in [0, 0.05) is 23.8 Å². The standard InChI is InChI=1S/C21H24N6O3S/c1-15-6-3-4-13-26(15)31(29,30)20-11-9-17(10-12-20)21(28)22-18-7-5-8-19(14-18)27-16(2)23-24-25-27/h5,7-12,14-15H,3-4,6,13H2,1-2H3,(H,22,28). The lowest BCUT2D eigenvalue weighted by atomic mass is 10.1. The smallest absolute Gasteiger partial charge is 0.255 e. The van der Waals surface area contributed by atoms with E-state index in [2.05, 4.69) is 20.8 Å². The molecule has 0 spiro atoms. The van der Waals surface area contributed by atoms with Crippen LogP contribution < -0.4 is 5.32 Å². The molecule has 1 aromatic heterocycles. The molecule has 31 heavy (non-hydrogen) atoms. The number of carbonyl (C=O) groups excluding carboxylic acids is 1. The first kappa shape index (κ1) is 21.1. The number of tetrazole rings is 1. The van der Waals surface area contributed by atoms with E-state index in [-0.39, 0.29) is 16.8 Å². The Hall–Kier alpha value is -3.11. The number of aromatic nitrogens is 4. The molecular formula is C21H24N6O3S. The molecule has 0 bridgehead atoms. The molecule has 10 heteroatoms. The quantitative estimate of drug-likeness (QED) is 0.653. The van der Waals surface area contributed by atoms with Gasteiger partial charge in [-0.1, -0.05) is 12.5 Å². The second kappa shape index (κ2) is 8.56.